The van der Waals surface area contributed by atoms with Crippen molar-refractivity contribution < 1.29 is 9.47 Å². The van der Waals surface area contributed by atoms with Crippen LogP contribution in [0.4, 0.5) is 0 Å². The van der Waals surface area contributed by atoms with Crippen LogP contribution in [0.25, 0.3) is 0 Å². The number of hydrogen-bond acceptors (Lipinski definition) is 4. The molecule has 0 aromatic heterocycles. The van der Waals surface area contributed by atoms with Gasteiger partial charge >= 0.3 is 0 Å². The molecule has 176 valence electrons. The standard InChI is InChI=1S/C27H46N2O2/c1-20(2)17-22-26(13-9-5-6-10-14-26)30-24(28-22)19-25-29-23(18-21(3)4)27(31-25)15-11-7-8-12-16-27/h20-23H,5-19H2,1-4H3/t22-,23-/m1/s1. The molecule has 0 radical (unpaired) electrons. The zero-order chi connectivity index (χ0) is 21.9. The molecule has 0 saturated heterocycles. The predicted molar refractivity (Wildman–Crippen MR) is 129 cm³/mol. The molecule has 4 heteroatoms. The maximum absolute atomic E-state index is 6.75. The molecule has 0 aromatic carbocycles. The van der Waals surface area contributed by atoms with Gasteiger partial charge in [0.05, 0.1) is 18.5 Å². The molecule has 0 amide bonds. The van der Waals surface area contributed by atoms with Gasteiger partial charge in [0.15, 0.2) is 11.8 Å². The Kier molecular flexibility index (Phi) is 7.33. The SMILES string of the molecule is CC(C)C[C@H]1N=C(CC2=N[C@H](CC(C)C)C3(CCCCCC3)O2)OC12CCCCCC2. The predicted octanol–water partition coefficient (Wildman–Crippen LogP) is 7.25. The first-order chi connectivity index (χ1) is 14.9. The van der Waals surface area contributed by atoms with E-state index in [1.54, 1.807) is 0 Å². The van der Waals surface area contributed by atoms with E-state index in [9.17, 15) is 0 Å². The average Bonchev–Trinajstić information content (AvgIpc) is 2.97. The summed E-state index contributed by atoms with van der Waals surface area (Å²) in [6.07, 6.45) is 18.0. The van der Waals surface area contributed by atoms with Gasteiger partial charge in [-0.2, -0.15) is 0 Å². The lowest BCUT2D eigenvalue weighted by molar-refractivity contribution is 0.0264. The number of hydrogen-bond donors (Lipinski definition) is 0. The van der Waals surface area contributed by atoms with Gasteiger partial charge in [-0.15, -0.1) is 0 Å². The van der Waals surface area contributed by atoms with Crippen molar-refractivity contribution in [1.29, 1.82) is 0 Å². The molecule has 0 aromatic rings. The van der Waals surface area contributed by atoms with Crippen LogP contribution in [-0.4, -0.2) is 35.1 Å². The molecule has 4 aliphatic rings. The number of rotatable bonds is 6. The lowest BCUT2D eigenvalue weighted by Crippen LogP contribution is -2.41. The average molecular weight is 431 g/mol. The van der Waals surface area contributed by atoms with Crippen molar-refractivity contribution in [2.45, 2.75) is 147 Å². The van der Waals surface area contributed by atoms with Crippen LogP contribution in [0.1, 0.15) is 124 Å². The fourth-order valence-electron chi connectivity index (χ4n) is 6.49. The van der Waals surface area contributed by atoms with E-state index in [0.717, 1.165) is 50.3 Å². The molecule has 4 rings (SSSR count). The van der Waals surface area contributed by atoms with Crippen molar-refractivity contribution in [2.24, 2.45) is 21.8 Å². The van der Waals surface area contributed by atoms with Crippen molar-refractivity contribution in [3.05, 3.63) is 0 Å². The summed E-state index contributed by atoms with van der Waals surface area (Å²) >= 11 is 0. The van der Waals surface area contributed by atoms with Gasteiger partial charge in [0.25, 0.3) is 0 Å². The monoisotopic (exact) mass is 430 g/mol. The van der Waals surface area contributed by atoms with Crippen LogP contribution < -0.4 is 0 Å². The van der Waals surface area contributed by atoms with Crippen LogP contribution in [0.3, 0.4) is 0 Å². The van der Waals surface area contributed by atoms with Crippen LogP contribution in [0.2, 0.25) is 0 Å². The molecule has 31 heavy (non-hydrogen) atoms. The Labute approximate surface area is 190 Å². The molecule has 2 atom stereocenters. The summed E-state index contributed by atoms with van der Waals surface area (Å²) in [4.78, 5) is 10.4. The second-order valence-corrected chi connectivity index (χ2v) is 11.7. The quantitative estimate of drug-likeness (QED) is 0.445. The topological polar surface area (TPSA) is 43.2 Å². The molecule has 2 spiro atoms. The number of aliphatic imine (C=N–C) groups is 2. The van der Waals surface area contributed by atoms with Crippen LogP contribution in [0, 0.1) is 11.8 Å². The minimum atomic E-state index is -0.0629. The Hall–Kier alpha value is -1.06. The number of ether oxygens (including phenoxy) is 2. The van der Waals surface area contributed by atoms with Crippen LogP contribution in [0.15, 0.2) is 9.98 Å². The van der Waals surface area contributed by atoms with E-state index in [2.05, 4.69) is 27.7 Å². The lowest BCUT2D eigenvalue weighted by Gasteiger charge is -2.34. The highest BCUT2D eigenvalue weighted by Gasteiger charge is 2.49. The van der Waals surface area contributed by atoms with Gasteiger partial charge in [-0.25, -0.2) is 9.98 Å². The van der Waals surface area contributed by atoms with Crippen molar-refractivity contribution in [2.75, 3.05) is 0 Å². The fourth-order valence-corrected chi connectivity index (χ4v) is 6.49. The van der Waals surface area contributed by atoms with Crippen LogP contribution in [-0.2, 0) is 9.47 Å². The summed E-state index contributed by atoms with van der Waals surface area (Å²) in [7, 11) is 0. The first kappa shape index (κ1) is 23.1. The van der Waals surface area contributed by atoms with Crippen molar-refractivity contribution in [1.82, 2.24) is 0 Å². The zero-order valence-corrected chi connectivity index (χ0v) is 20.6. The molecule has 0 bridgehead atoms. The summed E-state index contributed by atoms with van der Waals surface area (Å²) in [5.74, 6) is 3.09. The third-order valence-corrected chi connectivity index (χ3v) is 8.05. The molecular weight excluding hydrogens is 384 g/mol. The fraction of sp³-hybridized carbons (Fsp3) is 0.926. The Morgan fingerprint density at radius 2 is 1.00 bits per heavy atom. The summed E-state index contributed by atoms with van der Waals surface area (Å²) < 4.78 is 13.5. The zero-order valence-electron chi connectivity index (χ0n) is 20.6. The van der Waals surface area contributed by atoms with E-state index in [1.807, 2.05) is 0 Å². The molecule has 4 nitrogen and oxygen atoms in total. The Balaban J connectivity index is 1.50. The smallest absolute Gasteiger partial charge is 0.193 e. The van der Waals surface area contributed by atoms with Crippen LogP contribution in [0.5, 0.6) is 0 Å². The summed E-state index contributed by atoms with van der Waals surface area (Å²) in [5.41, 5.74) is -0.126. The second-order valence-electron chi connectivity index (χ2n) is 11.7. The van der Waals surface area contributed by atoms with Gasteiger partial charge in [0, 0.05) is 0 Å². The van der Waals surface area contributed by atoms with Gasteiger partial charge in [0.2, 0.25) is 0 Å². The van der Waals surface area contributed by atoms with E-state index >= 15 is 0 Å². The summed E-state index contributed by atoms with van der Waals surface area (Å²) in [6.45, 7) is 9.26. The Morgan fingerprint density at radius 3 is 1.32 bits per heavy atom. The molecule has 2 saturated carbocycles. The van der Waals surface area contributed by atoms with Crippen molar-refractivity contribution in [3.8, 4) is 0 Å². The summed E-state index contributed by atoms with van der Waals surface area (Å²) in [6, 6.07) is 0.613. The van der Waals surface area contributed by atoms with Crippen LogP contribution >= 0.6 is 0 Å². The molecular formula is C27H46N2O2. The third kappa shape index (κ3) is 5.30. The number of nitrogens with zero attached hydrogens (tertiary/aromatic N) is 2. The largest absolute Gasteiger partial charge is 0.472 e. The lowest BCUT2D eigenvalue weighted by atomic mass is 9.83. The van der Waals surface area contributed by atoms with Gasteiger partial charge in [0.1, 0.15) is 11.2 Å². The highest BCUT2D eigenvalue weighted by atomic mass is 16.5. The van der Waals surface area contributed by atoms with Gasteiger partial charge in [-0.3, -0.25) is 0 Å². The highest BCUT2D eigenvalue weighted by molar-refractivity contribution is 5.99. The van der Waals surface area contributed by atoms with Gasteiger partial charge in [-0.1, -0.05) is 53.4 Å². The minimum Gasteiger partial charge on any atom is -0.472 e. The minimum absolute atomic E-state index is 0.0629. The molecule has 2 aliphatic carbocycles. The molecule has 0 N–H and O–H groups in total. The molecule has 0 unspecified atom stereocenters. The van der Waals surface area contributed by atoms with Gasteiger partial charge in [-0.05, 0) is 76.0 Å². The highest BCUT2D eigenvalue weighted by Crippen LogP contribution is 2.44. The Morgan fingerprint density at radius 1 is 0.645 bits per heavy atom. The van der Waals surface area contributed by atoms with Crippen molar-refractivity contribution >= 4 is 11.8 Å². The molecule has 2 aliphatic heterocycles. The maximum Gasteiger partial charge on any atom is 0.193 e. The second kappa shape index (κ2) is 9.83. The van der Waals surface area contributed by atoms with E-state index in [1.165, 1.54) is 51.4 Å². The maximum atomic E-state index is 6.75. The van der Waals surface area contributed by atoms with Crippen molar-refractivity contribution in [3.63, 3.8) is 0 Å². The normalized spacial score (nSPS) is 30.1. The first-order valence-corrected chi connectivity index (χ1v) is 13.4. The molecule has 2 fully saturated rings. The summed E-state index contributed by atoms with van der Waals surface area (Å²) in [5, 5.41) is 0. The molecule has 2 heterocycles. The third-order valence-electron chi connectivity index (χ3n) is 8.05. The first-order valence-electron chi connectivity index (χ1n) is 13.4. The van der Waals surface area contributed by atoms with E-state index in [4.69, 9.17) is 19.5 Å². The van der Waals surface area contributed by atoms with Gasteiger partial charge < -0.3 is 9.47 Å². The van der Waals surface area contributed by atoms with E-state index in [-0.39, 0.29) is 11.2 Å². The Bertz CT molecular complexity index is 594. The van der Waals surface area contributed by atoms with E-state index in [0.29, 0.717) is 30.3 Å². The van der Waals surface area contributed by atoms with E-state index < -0.39 is 0 Å².